The summed E-state index contributed by atoms with van der Waals surface area (Å²) in [6.07, 6.45) is 0.862. The number of nitrogens with zero attached hydrogens (tertiary/aromatic N) is 1. The minimum absolute atomic E-state index is 0.00777. The molecule has 1 aromatic heterocycles. The molecule has 0 radical (unpaired) electrons. The smallest absolute Gasteiger partial charge is 0.269 e. The van der Waals surface area contributed by atoms with Crippen molar-refractivity contribution in [1.29, 1.82) is 0 Å². The summed E-state index contributed by atoms with van der Waals surface area (Å²) in [7, 11) is 0. The second-order valence-electron chi connectivity index (χ2n) is 5.47. The second kappa shape index (κ2) is 8.17. The standard InChI is InChI=1S/C17H22N2O3S/c1-4-9-18-16(20)11-23(21)10-15-13(3)22-17(19-15)14-7-5-12(2)6-8-14/h5-8H,4,9-11H2,1-3H3,(H,18,20). The molecule has 6 heteroatoms. The first kappa shape index (κ1) is 17.6. The molecule has 5 nitrogen and oxygen atoms in total. The molecule has 0 bridgehead atoms. The van der Waals surface area contributed by atoms with E-state index in [1.807, 2.05) is 38.1 Å². The lowest BCUT2D eigenvalue weighted by molar-refractivity contribution is -0.118. The average molecular weight is 334 g/mol. The normalized spacial score (nSPS) is 12.2. The van der Waals surface area contributed by atoms with Crippen LogP contribution in [0, 0.1) is 13.8 Å². The van der Waals surface area contributed by atoms with Crippen LogP contribution in [0.25, 0.3) is 11.5 Å². The summed E-state index contributed by atoms with van der Waals surface area (Å²) >= 11 is -1.30. The van der Waals surface area contributed by atoms with Crippen molar-refractivity contribution in [2.45, 2.75) is 32.9 Å². The van der Waals surface area contributed by atoms with Gasteiger partial charge in [-0.05, 0) is 43.6 Å². The third kappa shape index (κ3) is 5.11. The van der Waals surface area contributed by atoms with Crippen LogP contribution in [0.5, 0.6) is 0 Å². The van der Waals surface area contributed by atoms with Crippen molar-refractivity contribution >= 4 is 17.1 Å². The quantitative estimate of drug-likeness (QED) is 0.790. The molecular weight excluding hydrogens is 312 g/mol. The molecule has 0 saturated carbocycles. The SMILES string of the molecule is CCCNC(=O)C[S+]([O-])Cc1nc(-c2ccc(C)cc2)oc1C. The number of aryl methyl sites for hydroxylation is 2. The van der Waals surface area contributed by atoms with Crippen LogP contribution in [0.2, 0.25) is 0 Å². The molecule has 1 amide bonds. The van der Waals surface area contributed by atoms with Crippen molar-refractivity contribution in [3.63, 3.8) is 0 Å². The van der Waals surface area contributed by atoms with E-state index in [0.717, 1.165) is 17.5 Å². The predicted molar refractivity (Wildman–Crippen MR) is 91.4 cm³/mol. The number of rotatable bonds is 7. The van der Waals surface area contributed by atoms with E-state index in [2.05, 4.69) is 10.3 Å². The molecule has 0 fully saturated rings. The largest absolute Gasteiger partial charge is 0.616 e. The molecular formula is C17H22N2O3S. The highest BCUT2D eigenvalue weighted by Gasteiger charge is 2.19. The van der Waals surface area contributed by atoms with Crippen molar-refractivity contribution in [2.75, 3.05) is 12.3 Å². The Labute approximate surface area is 139 Å². The Morgan fingerprint density at radius 1 is 1.30 bits per heavy atom. The Kier molecular flexibility index (Phi) is 6.24. The Hall–Kier alpha value is -1.79. The van der Waals surface area contributed by atoms with Crippen LogP contribution in [0.1, 0.15) is 30.4 Å². The number of hydrogen-bond acceptors (Lipinski definition) is 4. The summed E-state index contributed by atoms with van der Waals surface area (Å²) < 4.78 is 17.8. The number of aromatic nitrogens is 1. The Morgan fingerprint density at radius 2 is 2.00 bits per heavy atom. The summed E-state index contributed by atoms with van der Waals surface area (Å²) in [6, 6.07) is 7.87. The van der Waals surface area contributed by atoms with Crippen molar-refractivity contribution < 1.29 is 13.8 Å². The molecule has 23 heavy (non-hydrogen) atoms. The van der Waals surface area contributed by atoms with Gasteiger partial charge in [0.25, 0.3) is 5.91 Å². The van der Waals surface area contributed by atoms with Gasteiger partial charge in [0, 0.05) is 12.1 Å². The second-order valence-corrected chi connectivity index (χ2v) is 6.92. The van der Waals surface area contributed by atoms with Crippen molar-refractivity contribution in [2.24, 2.45) is 0 Å². The van der Waals surface area contributed by atoms with Crippen LogP contribution in [-0.4, -0.2) is 27.7 Å². The van der Waals surface area contributed by atoms with Crippen LogP contribution in [0.15, 0.2) is 28.7 Å². The number of carbonyl (C=O) groups excluding carboxylic acids is 1. The van der Waals surface area contributed by atoms with E-state index in [0.29, 0.717) is 23.9 Å². The first-order valence-electron chi connectivity index (χ1n) is 7.64. The minimum atomic E-state index is -1.30. The molecule has 1 aromatic carbocycles. The van der Waals surface area contributed by atoms with Crippen molar-refractivity contribution in [3.8, 4) is 11.5 Å². The number of amides is 1. The number of nitrogens with one attached hydrogen (secondary N) is 1. The van der Waals surface area contributed by atoms with E-state index < -0.39 is 11.2 Å². The molecule has 1 heterocycles. The Bertz CT molecular complexity index is 652. The van der Waals surface area contributed by atoms with E-state index in [9.17, 15) is 9.35 Å². The van der Waals surface area contributed by atoms with E-state index in [1.165, 1.54) is 0 Å². The molecule has 1 N–H and O–H groups in total. The van der Waals surface area contributed by atoms with E-state index >= 15 is 0 Å². The van der Waals surface area contributed by atoms with E-state index in [1.54, 1.807) is 6.92 Å². The van der Waals surface area contributed by atoms with Crippen LogP contribution in [0.4, 0.5) is 0 Å². The topological polar surface area (TPSA) is 78.2 Å². The van der Waals surface area contributed by atoms with Crippen molar-refractivity contribution in [3.05, 3.63) is 41.3 Å². The highest BCUT2D eigenvalue weighted by atomic mass is 32.2. The Morgan fingerprint density at radius 3 is 2.65 bits per heavy atom. The lowest BCUT2D eigenvalue weighted by Gasteiger charge is -2.09. The molecule has 124 valence electrons. The van der Waals surface area contributed by atoms with E-state index in [-0.39, 0.29) is 17.4 Å². The highest BCUT2D eigenvalue weighted by Crippen LogP contribution is 2.23. The molecule has 0 aliphatic rings. The van der Waals surface area contributed by atoms with E-state index in [4.69, 9.17) is 4.42 Å². The van der Waals surface area contributed by atoms with Gasteiger partial charge in [0.1, 0.15) is 11.5 Å². The van der Waals surface area contributed by atoms with Gasteiger partial charge in [-0.15, -0.1) is 0 Å². The molecule has 1 atom stereocenters. The molecule has 0 spiro atoms. The fraction of sp³-hybridized carbons (Fsp3) is 0.412. The Balaban J connectivity index is 2.00. The molecule has 2 aromatic rings. The average Bonchev–Trinajstić information content (AvgIpc) is 2.86. The zero-order valence-electron chi connectivity index (χ0n) is 13.7. The van der Waals surface area contributed by atoms with Gasteiger partial charge in [0.05, 0.1) is 0 Å². The minimum Gasteiger partial charge on any atom is -0.616 e. The van der Waals surface area contributed by atoms with Crippen LogP contribution in [-0.2, 0) is 21.7 Å². The molecule has 0 aliphatic heterocycles. The van der Waals surface area contributed by atoms with Gasteiger partial charge < -0.3 is 14.3 Å². The van der Waals surface area contributed by atoms with Crippen LogP contribution >= 0.6 is 0 Å². The van der Waals surface area contributed by atoms with Gasteiger partial charge in [0.2, 0.25) is 5.89 Å². The number of benzene rings is 1. The summed E-state index contributed by atoms with van der Waals surface area (Å²) in [5.74, 6) is 1.19. The van der Waals surface area contributed by atoms with Crippen LogP contribution in [0.3, 0.4) is 0 Å². The summed E-state index contributed by atoms with van der Waals surface area (Å²) in [6.45, 7) is 6.40. The van der Waals surface area contributed by atoms with Gasteiger partial charge in [-0.1, -0.05) is 24.6 Å². The zero-order chi connectivity index (χ0) is 16.8. The molecule has 2 rings (SSSR count). The predicted octanol–water partition coefficient (Wildman–Crippen LogP) is 2.73. The maximum absolute atomic E-state index is 12.1. The van der Waals surface area contributed by atoms with Gasteiger partial charge in [0.15, 0.2) is 11.5 Å². The highest BCUT2D eigenvalue weighted by molar-refractivity contribution is 7.91. The van der Waals surface area contributed by atoms with Crippen molar-refractivity contribution in [1.82, 2.24) is 10.3 Å². The molecule has 1 unspecified atom stereocenters. The number of oxazole rings is 1. The number of hydrogen-bond donors (Lipinski definition) is 1. The lowest BCUT2D eigenvalue weighted by Crippen LogP contribution is -2.31. The maximum Gasteiger partial charge on any atom is 0.269 e. The lowest BCUT2D eigenvalue weighted by atomic mass is 10.1. The fourth-order valence-electron chi connectivity index (χ4n) is 2.05. The third-order valence-electron chi connectivity index (χ3n) is 3.35. The van der Waals surface area contributed by atoms with Gasteiger partial charge in [-0.2, -0.15) is 0 Å². The first-order valence-corrected chi connectivity index (χ1v) is 9.13. The summed E-state index contributed by atoms with van der Waals surface area (Å²) in [5, 5.41) is 2.72. The summed E-state index contributed by atoms with van der Waals surface area (Å²) in [5.41, 5.74) is 2.69. The first-order chi connectivity index (χ1) is 11.0. The third-order valence-corrected chi connectivity index (χ3v) is 4.53. The van der Waals surface area contributed by atoms with Gasteiger partial charge >= 0.3 is 0 Å². The van der Waals surface area contributed by atoms with Crippen LogP contribution < -0.4 is 5.32 Å². The molecule has 0 saturated heterocycles. The summed E-state index contributed by atoms with van der Waals surface area (Å²) in [4.78, 5) is 16.0. The van der Waals surface area contributed by atoms with Gasteiger partial charge in [-0.3, -0.25) is 4.79 Å². The zero-order valence-corrected chi connectivity index (χ0v) is 14.5. The maximum atomic E-state index is 12.1. The number of carbonyl (C=O) groups is 1. The molecule has 0 aliphatic carbocycles. The monoisotopic (exact) mass is 334 g/mol. The fourth-order valence-corrected chi connectivity index (χ4v) is 3.12. The van der Waals surface area contributed by atoms with Gasteiger partial charge in [-0.25, -0.2) is 4.98 Å².